The first-order valence-corrected chi connectivity index (χ1v) is 5.31. The minimum absolute atomic E-state index is 0.0561. The van der Waals surface area contributed by atoms with Gasteiger partial charge in [0.15, 0.2) is 0 Å². The Balaban J connectivity index is 1.80. The highest BCUT2D eigenvalue weighted by Gasteiger charge is 2.54. The topological polar surface area (TPSA) is 44.5 Å². The Bertz CT molecular complexity index is 215. The van der Waals surface area contributed by atoms with Crippen LogP contribution in [0, 0.1) is 5.92 Å². The molecule has 74 valence electrons. The second-order valence-corrected chi connectivity index (χ2v) is 4.70. The monoisotopic (exact) mass is 183 g/mol. The van der Waals surface area contributed by atoms with E-state index in [0.29, 0.717) is 18.1 Å². The molecule has 0 radical (unpaired) electrons. The van der Waals surface area contributed by atoms with Gasteiger partial charge in [0.2, 0.25) is 0 Å². The van der Waals surface area contributed by atoms with E-state index in [1.807, 2.05) is 0 Å². The summed E-state index contributed by atoms with van der Waals surface area (Å²) in [5, 5.41) is 0. The van der Waals surface area contributed by atoms with E-state index in [1.165, 1.54) is 6.42 Å². The minimum Gasteiger partial charge on any atom is -0.381 e. The Labute approximate surface area is 78.6 Å². The fourth-order valence-corrected chi connectivity index (χ4v) is 3.16. The molecule has 3 aliphatic rings. The molecule has 0 amide bonds. The van der Waals surface area contributed by atoms with Gasteiger partial charge < -0.3 is 15.2 Å². The molecular weight excluding hydrogens is 166 g/mol. The summed E-state index contributed by atoms with van der Waals surface area (Å²) in [6, 6.07) is 0. The highest BCUT2D eigenvalue weighted by molar-refractivity contribution is 5.08. The molecule has 4 atom stereocenters. The summed E-state index contributed by atoms with van der Waals surface area (Å²) in [5.74, 6) is 0.544. The van der Waals surface area contributed by atoms with Crippen LogP contribution < -0.4 is 5.73 Å². The van der Waals surface area contributed by atoms with Crippen molar-refractivity contribution in [1.82, 2.24) is 0 Å². The molecule has 3 aliphatic heterocycles. The lowest BCUT2D eigenvalue weighted by Crippen LogP contribution is -2.54. The average Bonchev–Trinajstić information content (AvgIpc) is 2.79. The largest absolute Gasteiger partial charge is 0.381 e. The van der Waals surface area contributed by atoms with E-state index in [-0.39, 0.29) is 5.54 Å². The minimum atomic E-state index is -0.0561. The van der Waals surface area contributed by atoms with E-state index in [4.69, 9.17) is 15.2 Å². The molecule has 0 aromatic rings. The highest BCUT2D eigenvalue weighted by Crippen LogP contribution is 2.45. The van der Waals surface area contributed by atoms with Gasteiger partial charge >= 0.3 is 0 Å². The van der Waals surface area contributed by atoms with E-state index >= 15 is 0 Å². The third kappa shape index (κ3) is 1.07. The molecule has 3 nitrogen and oxygen atoms in total. The van der Waals surface area contributed by atoms with Crippen LogP contribution in [-0.2, 0) is 9.47 Å². The molecular formula is C10H17NO2. The van der Waals surface area contributed by atoms with Gasteiger partial charge in [-0.05, 0) is 25.7 Å². The number of hydrogen-bond donors (Lipinski definition) is 1. The van der Waals surface area contributed by atoms with Crippen molar-refractivity contribution in [2.45, 2.75) is 43.4 Å². The van der Waals surface area contributed by atoms with E-state index in [2.05, 4.69) is 0 Å². The predicted octanol–water partition coefficient (Wildman–Crippen LogP) is 0.672. The normalized spacial score (nSPS) is 54.7. The SMILES string of the molecule is NC1(C2CCOC2)CC2CCC1O2. The molecule has 3 fully saturated rings. The second kappa shape index (κ2) is 2.69. The molecule has 3 saturated heterocycles. The molecule has 2 bridgehead atoms. The van der Waals surface area contributed by atoms with Gasteiger partial charge in [-0.2, -0.15) is 0 Å². The Morgan fingerprint density at radius 3 is 2.69 bits per heavy atom. The summed E-state index contributed by atoms with van der Waals surface area (Å²) in [4.78, 5) is 0. The van der Waals surface area contributed by atoms with Gasteiger partial charge in [0.1, 0.15) is 0 Å². The van der Waals surface area contributed by atoms with Crippen LogP contribution in [0.4, 0.5) is 0 Å². The first kappa shape index (κ1) is 8.21. The number of nitrogens with two attached hydrogens (primary N) is 1. The standard InChI is InChI=1S/C10H17NO2/c11-10(7-3-4-12-6-7)5-8-1-2-9(10)13-8/h7-9H,1-6,11H2. The second-order valence-electron chi connectivity index (χ2n) is 4.70. The van der Waals surface area contributed by atoms with Gasteiger partial charge in [0, 0.05) is 18.1 Å². The molecule has 13 heavy (non-hydrogen) atoms. The van der Waals surface area contributed by atoms with Crippen molar-refractivity contribution >= 4 is 0 Å². The van der Waals surface area contributed by atoms with Crippen LogP contribution in [-0.4, -0.2) is 31.0 Å². The zero-order chi connectivity index (χ0) is 8.89. The van der Waals surface area contributed by atoms with E-state index in [0.717, 1.165) is 32.5 Å². The van der Waals surface area contributed by atoms with Gasteiger partial charge in [-0.25, -0.2) is 0 Å². The highest BCUT2D eigenvalue weighted by atomic mass is 16.5. The third-order valence-corrected chi connectivity index (χ3v) is 3.98. The van der Waals surface area contributed by atoms with Gasteiger partial charge in [0.05, 0.1) is 18.8 Å². The molecule has 0 saturated carbocycles. The lowest BCUT2D eigenvalue weighted by molar-refractivity contribution is 0.0658. The molecule has 4 unspecified atom stereocenters. The summed E-state index contributed by atoms with van der Waals surface area (Å²) in [7, 11) is 0. The first-order valence-electron chi connectivity index (χ1n) is 5.31. The van der Waals surface area contributed by atoms with Crippen LogP contribution in [0.2, 0.25) is 0 Å². The van der Waals surface area contributed by atoms with Gasteiger partial charge in [0.25, 0.3) is 0 Å². The van der Waals surface area contributed by atoms with Crippen LogP contribution in [0.15, 0.2) is 0 Å². The van der Waals surface area contributed by atoms with Crippen molar-refractivity contribution in [2.24, 2.45) is 11.7 Å². The van der Waals surface area contributed by atoms with Crippen LogP contribution in [0.25, 0.3) is 0 Å². The Morgan fingerprint density at radius 1 is 1.23 bits per heavy atom. The van der Waals surface area contributed by atoms with E-state index in [9.17, 15) is 0 Å². The van der Waals surface area contributed by atoms with Crippen molar-refractivity contribution in [3.05, 3.63) is 0 Å². The third-order valence-electron chi connectivity index (χ3n) is 3.98. The van der Waals surface area contributed by atoms with E-state index in [1.54, 1.807) is 0 Å². The lowest BCUT2D eigenvalue weighted by Gasteiger charge is -2.36. The Morgan fingerprint density at radius 2 is 2.15 bits per heavy atom. The van der Waals surface area contributed by atoms with Gasteiger partial charge in [-0.3, -0.25) is 0 Å². The average molecular weight is 183 g/mol. The fourth-order valence-electron chi connectivity index (χ4n) is 3.16. The summed E-state index contributed by atoms with van der Waals surface area (Å²) in [6.07, 6.45) is 5.35. The van der Waals surface area contributed by atoms with Crippen LogP contribution in [0.3, 0.4) is 0 Å². The molecule has 3 heterocycles. The fraction of sp³-hybridized carbons (Fsp3) is 1.00. The summed E-state index contributed by atoms with van der Waals surface area (Å²) in [5.41, 5.74) is 6.39. The first-order chi connectivity index (χ1) is 6.29. The van der Waals surface area contributed by atoms with Crippen molar-refractivity contribution in [1.29, 1.82) is 0 Å². The molecule has 3 heteroatoms. The van der Waals surface area contributed by atoms with Gasteiger partial charge in [-0.15, -0.1) is 0 Å². The van der Waals surface area contributed by atoms with Crippen molar-refractivity contribution in [3.8, 4) is 0 Å². The van der Waals surface area contributed by atoms with E-state index < -0.39 is 0 Å². The number of ether oxygens (including phenoxy) is 2. The van der Waals surface area contributed by atoms with Crippen LogP contribution in [0.1, 0.15) is 25.7 Å². The predicted molar refractivity (Wildman–Crippen MR) is 48.4 cm³/mol. The number of rotatable bonds is 1. The summed E-state index contributed by atoms with van der Waals surface area (Å²) >= 11 is 0. The lowest BCUT2D eigenvalue weighted by atomic mass is 9.73. The summed E-state index contributed by atoms with van der Waals surface area (Å²) in [6.45, 7) is 1.74. The Hall–Kier alpha value is -0.120. The zero-order valence-electron chi connectivity index (χ0n) is 7.87. The maximum Gasteiger partial charge on any atom is 0.0763 e. The quantitative estimate of drug-likeness (QED) is 0.650. The van der Waals surface area contributed by atoms with Gasteiger partial charge in [-0.1, -0.05) is 0 Å². The van der Waals surface area contributed by atoms with Crippen LogP contribution >= 0.6 is 0 Å². The maximum absolute atomic E-state index is 6.44. The molecule has 0 aromatic carbocycles. The zero-order valence-corrected chi connectivity index (χ0v) is 7.87. The Kier molecular flexibility index (Phi) is 1.70. The number of hydrogen-bond acceptors (Lipinski definition) is 3. The maximum atomic E-state index is 6.44. The smallest absolute Gasteiger partial charge is 0.0763 e. The number of fused-ring (bicyclic) bond motifs is 2. The summed E-state index contributed by atoms with van der Waals surface area (Å²) < 4.78 is 11.2. The molecule has 2 N–H and O–H groups in total. The molecule has 3 rings (SSSR count). The van der Waals surface area contributed by atoms with Crippen LogP contribution in [0.5, 0.6) is 0 Å². The molecule has 0 aromatic heterocycles. The van der Waals surface area contributed by atoms with Crippen molar-refractivity contribution in [2.75, 3.05) is 13.2 Å². The molecule has 0 spiro atoms. The van der Waals surface area contributed by atoms with Crippen molar-refractivity contribution < 1.29 is 9.47 Å². The van der Waals surface area contributed by atoms with Crippen molar-refractivity contribution in [3.63, 3.8) is 0 Å². The molecule has 0 aliphatic carbocycles.